The first-order valence-corrected chi connectivity index (χ1v) is 15.3. The predicted octanol–water partition coefficient (Wildman–Crippen LogP) is -2.25. The number of nitrogens with zero attached hydrogens (tertiary/aromatic N) is 3. The number of anilines is 1. The Labute approximate surface area is 294 Å². The SMILES string of the molecule is CC(=O)OCC1=C(C(=O)[O-])N2C(=O)C(NC(=O)Cc3cccc(NC(=O)N4CC5C(c6ccccc6Cl)NN5C4=O)c3)[C@@H]2SC1.[Na+]. The van der Waals surface area contributed by atoms with Crippen LogP contribution >= 0.6 is 23.4 Å². The smallest absolute Gasteiger partial charge is 0.543 e. The average molecular weight is 677 g/mol. The third-order valence-corrected chi connectivity index (χ3v) is 9.52. The van der Waals surface area contributed by atoms with Crippen molar-refractivity contribution in [2.45, 2.75) is 36.8 Å². The summed E-state index contributed by atoms with van der Waals surface area (Å²) in [6.45, 7) is 1.06. The zero-order chi connectivity index (χ0) is 32.0. The molecule has 3 N–H and O–H groups in total. The van der Waals surface area contributed by atoms with E-state index in [1.807, 2.05) is 18.2 Å². The molecule has 4 heterocycles. The van der Waals surface area contributed by atoms with Gasteiger partial charge in [-0.1, -0.05) is 41.9 Å². The number of ether oxygens (including phenoxy) is 1. The van der Waals surface area contributed by atoms with Crippen molar-refractivity contribution in [3.63, 3.8) is 0 Å². The zero-order valence-electron chi connectivity index (χ0n) is 24.7. The largest absolute Gasteiger partial charge is 1.00 e. The number of carbonyl (C=O) groups is 6. The Balaban J connectivity index is 0.00000417. The number of urea groups is 2. The van der Waals surface area contributed by atoms with Gasteiger partial charge in [0.1, 0.15) is 18.0 Å². The summed E-state index contributed by atoms with van der Waals surface area (Å²) in [5.74, 6) is -3.10. The van der Waals surface area contributed by atoms with E-state index < -0.39 is 47.2 Å². The molecule has 0 saturated carbocycles. The summed E-state index contributed by atoms with van der Waals surface area (Å²) in [7, 11) is 0. The van der Waals surface area contributed by atoms with Gasteiger partial charge in [-0.15, -0.1) is 11.8 Å². The minimum atomic E-state index is -1.57. The molecule has 0 radical (unpaired) electrons. The Morgan fingerprint density at radius 1 is 1.13 bits per heavy atom. The van der Waals surface area contributed by atoms with E-state index in [1.54, 1.807) is 30.3 Å². The summed E-state index contributed by atoms with van der Waals surface area (Å²) in [6.07, 6.45) is -0.131. The van der Waals surface area contributed by atoms with Crippen LogP contribution in [0, 0.1) is 0 Å². The predicted molar refractivity (Wildman–Crippen MR) is 158 cm³/mol. The zero-order valence-corrected chi connectivity index (χ0v) is 28.2. The first-order valence-electron chi connectivity index (χ1n) is 13.9. The van der Waals surface area contributed by atoms with Gasteiger partial charge in [0.2, 0.25) is 5.91 Å². The molecule has 2 aromatic carbocycles. The second kappa shape index (κ2) is 13.6. The summed E-state index contributed by atoms with van der Waals surface area (Å²) in [6, 6.07) is 11.2. The molecule has 3 unspecified atom stereocenters. The number of benzene rings is 2. The summed E-state index contributed by atoms with van der Waals surface area (Å²) in [5, 5.41) is 18.4. The number of halogens is 1. The molecule has 14 nitrogen and oxygen atoms in total. The summed E-state index contributed by atoms with van der Waals surface area (Å²) in [5.41, 5.74) is 4.65. The summed E-state index contributed by atoms with van der Waals surface area (Å²) in [4.78, 5) is 76.7. The van der Waals surface area contributed by atoms with Crippen LogP contribution in [0.15, 0.2) is 59.8 Å². The molecule has 4 aliphatic rings. The number of aliphatic carboxylic acids is 1. The molecule has 4 aliphatic heterocycles. The van der Waals surface area contributed by atoms with Gasteiger partial charge >= 0.3 is 47.6 Å². The molecule has 234 valence electrons. The van der Waals surface area contributed by atoms with Crippen LogP contribution in [0.5, 0.6) is 0 Å². The number of carbonyl (C=O) groups excluding carboxylic acids is 6. The normalized spacial score (nSPS) is 23.0. The number of rotatable bonds is 8. The van der Waals surface area contributed by atoms with E-state index >= 15 is 0 Å². The number of thioether (sulfide) groups is 1. The topological polar surface area (TPSA) is 181 Å². The fourth-order valence-corrected chi connectivity index (χ4v) is 7.26. The quantitative estimate of drug-likeness (QED) is 0.157. The molecule has 0 aliphatic carbocycles. The number of amides is 6. The van der Waals surface area contributed by atoms with Crippen LogP contribution in [0.1, 0.15) is 24.1 Å². The van der Waals surface area contributed by atoms with Crippen molar-refractivity contribution in [2.24, 2.45) is 0 Å². The second-order valence-corrected chi connectivity index (χ2v) is 12.3. The number of hydrogen-bond acceptors (Lipinski definition) is 10. The molecule has 46 heavy (non-hydrogen) atoms. The maximum Gasteiger partial charge on any atom is 1.00 e. The van der Waals surface area contributed by atoms with Gasteiger partial charge in [0.15, 0.2) is 0 Å². The van der Waals surface area contributed by atoms with E-state index in [4.69, 9.17) is 16.3 Å². The van der Waals surface area contributed by atoms with Crippen molar-refractivity contribution in [1.29, 1.82) is 0 Å². The molecule has 0 aromatic heterocycles. The van der Waals surface area contributed by atoms with Gasteiger partial charge in [0, 0.05) is 29.0 Å². The minimum absolute atomic E-state index is 0. The van der Waals surface area contributed by atoms with Crippen molar-refractivity contribution in [3.05, 3.63) is 76.0 Å². The maximum absolute atomic E-state index is 13.0. The Bertz CT molecular complexity index is 1680. The van der Waals surface area contributed by atoms with Crippen LogP contribution in [-0.4, -0.2) is 87.0 Å². The van der Waals surface area contributed by atoms with Gasteiger partial charge in [-0.2, -0.15) is 0 Å². The Morgan fingerprint density at radius 3 is 2.61 bits per heavy atom. The molecule has 6 rings (SSSR count). The molecule has 3 fully saturated rings. The number of nitrogens with one attached hydrogen (secondary N) is 3. The van der Waals surface area contributed by atoms with Crippen molar-refractivity contribution < 1.29 is 68.2 Å². The Kier molecular flexibility index (Phi) is 10.0. The van der Waals surface area contributed by atoms with Crippen LogP contribution in [0.25, 0.3) is 0 Å². The molecule has 17 heteroatoms. The fraction of sp³-hybridized carbons (Fsp3) is 0.310. The molecular weight excluding hydrogens is 651 g/mol. The van der Waals surface area contributed by atoms with Gasteiger partial charge in [0.05, 0.1) is 36.7 Å². The summed E-state index contributed by atoms with van der Waals surface area (Å²) >= 11 is 7.55. The number of fused-ring (bicyclic) bond motifs is 2. The van der Waals surface area contributed by atoms with Crippen molar-refractivity contribution in [1.82, 2.24) is 25.6 Å². The third-order valence-electron chi connectivity index (χ3n) is 7.84. The fourth-order valence-electron chi connectivity index (χ4n) is 5.68. The number of hydrazine groups is 1. The summed E-state index contributed by atoms with van der Waals surface area (Å²) < 4.78 is 4.90. The number of carboxylic acids is 1. The Hall–Kier alpha value is -3.60. The van der Waals surface area contributed by atoms with Gasteiger partial charge < -0.3 is 25.3 Å². The third kappa shape index (κ3) is 6.35. The Morgan fingerprint density at radius 2 is 1.89 bits per heavy atom. The van der Waals surface area contributed by atoms with Crippen LogP contribution in [0.2, 0.25) is 5.02 Å². The molecule has 0 spiro atoms. The van der Waals surface area contributed by atoms with Crippen molar-refractivity contribution in [2.75, 3.05) is 24.2 Å². The first-order chi connectivity index (χ1) is 21.5. The van der Waals surface area contributed by atoms with Gasteiger partial charge in [0.25, 0.3) is 5.91 Å². The van der Waals surface area contributed by atoms with E-state index in [0.717, 1.165) is 15.4 Å². The van der Waals surface area contributed by atoms with Gasteiger partial charge in [-0.3, -0.25) is 24.3 Å². The monoisotopic (exact) mass is 676 g/mol. The van der Waals surface area contributed by atoms with Crippen molar-refractivity contribution >= 4 is 64.9 Å². The van der Waals surface area contributed by atoms with Gasteiger partial charge in [-0.25, -0.2) is 19.9 Å². The molecular formula is C29H26ClN6NaO8S. The number of carboxylic acid groups (broad SMARTS) is 1. The van der Waals surface area contributed by atoms with E-state index in [1.165, 1.54) is 23.7 Å². The molecule has 2 aromatic rings. The average Bonchev–Trinajstić information content (AvgIpc) is 3.24. The van der Waals surface area contributed by atoms with E-state index in [9.17, 15) is 33.9 Å². The second-order valence-electron chi connectivity index (χ2n) is 10.7. The van der Waals surface area contributed by atoms with Gasteiger partial charge in [-0.05, 0) is 29.3 Å². The number of imide groups is 1. The molecule has 0 bridgehead atoms. The number of hydrogen-bond donors (Lipinski definition) is 3. The maximum atomic E-state index is 13.0. The van der Waals surface area contributed by atoms with Crippen LogP contribution < -0.4 is 50.7 Å². The molecule has 6 amide bonds. The van der Waals surface area contributed by atoms with E-state index in [-0.39, 0.29) is 78.2 Å². The number of β-lactam (4-membered cyclic amide) rings is 1. The first kappa shape index (κ1) is 33.8. The number of esters is 1. The van der Waals surface area contributed by atoms with Crippen LogP contribution in [0.3, 0.4) is 0 Å². The molecule has 3 saturated heterocycles. The molecule has 4 atom stereocenters. The van der Waals surface area contributed by atoms with Crippen LogP contribution in [0.4, 0.5) is 15.3 Å². The van der Waals surface area contributed by atoms with E-state index in [0.29, 0.717) is 16.3 Å². The van der Waals surface area contributed by atoms with Crippen molar-refractivity contribution in [3.8, 4) is 0 Å². The minimum Gasteiger partial charge on any atom is -0.543 e. The van der Waals surface area contributed by atoms with Crippen LogP contribution in [-0.2, 0) is 30.3 Å². The van der Waals surface area contributed by atoms with E-state index in [2.05, 4.69) is 16.1 Å². The standard InChI is InChI=1S/C29H27ClN6O8S.Na/c1-14(37)44-12-16-13-45-26-23(25(39)35(26)24(16)27(40)41)32-21(38)10-15-5-4-6-17(9-15)31-28(42)34-11-20-22(33-36(20)29(34)43)18-7-2-3-8-19(18)30;/h2-9,20,22-23,26,33H,10-13H2,1H3,(H,31,42)(H,32,38)(H,40,41);/q;+1/p-1/t20?,22?,23?,26-;/m0./s1.